The quantitative estimate of drug-likeness (QED) is 0.0541. The summed E-state index contributed by atoms with van der Waals surface area (Å²) < 4.78 is 6.92. The Morgan fingerprint density at radius 3 is 1.31 bits per heavy atom. The fourth-order valence-corrected chi connectivity index (χ4v) is 6.91. The van der Waals surface area contributed by atoms with Gasteiger partial charge in [0, 0.05) is 0 Å². The molecule has 0 N–H and O–H groups in total. The van der Waals surface area contributed by atoms with Gasteiger partial charge >= 0.3 is 0 Å². The molecule has 0 saturated carbocycles. The summed E-state index contributed by atoms with van der Waals surface area (Å²) in [5, 5.41) is 0. The van der Waals surface area contributed by atoms with Crippen LogP contribution in [0.2, 0.25) is 0 Å². The van der Waals surface area contributed by atoms with Gasteiger partial charge in [0.1, 0.15) is 0 Å². The van der Waals surface area contributed by atoms with Crippen LogP contribution in [0.5, 0.6) is 0 Å². The third-order valence-electron chi connectivity index (χ3n) is 9.76. The lowest BCUT2D eigenvalue weighted by molar-refractivity contribution is -0.0579. The van der Waals surface area contributed by atoms with Crippen molar-refractivity contribution in [2.45, 2.75) is 232 Å². The maximum atomic E-state index is 6.92. The zero-order chi connectivity index (χ0) is 33.1. The highest BCUT2D eigenvalue weighted by atomic mass is 16.5. The van der Waals surface area contributed by atoms with Gasteiger partial charge in [-0.15, -0.1) is 0 Å². The van der Waals surface area contributed by atoms with Crippen molar-refractivity contribution in [2.24, 2.45) is 0 Å². The van der Waals surface area contributed by atoms with E-state index >= 15 is 0 Å². The highest BCUT2D eigenvalue weighted by molar-refractivity contribution is 4.89. The molecule has 1 saturated heterocycles. The molecule has 45 heavy (non-hydrogen) atoms. The average molecular weight is 632 g/mol. The number of rotatable bonds is 32. The van der Waals surface area contributed by atoms with Gasteiger partial charge in [-0.1, -0.05) is 155 Å². The SMILES string of the molecule is CC.CCCCCC/C=C\CCCCCCCCC1(CCCCCCCC/C=C\CCCCCC)CCC(CCCN(C)C)O1. The molecule has 2 nitrogen and oxygen atoms in total. The minimum absolute atomic E-state index is 0.201. The number of nitrogens with zero attached hydrogens (tertiary/aromatic N) is 1. The van der Waals surface area contributed by atoms with E-state index in [4.69, 9.17) is 4.74 Å². The predicted molar refractivity (Wildman–Crippen MR) is 206 cm³/mol. The molecule has 0 aromatic heterocycles. The second kappa shape index (κ2) is 34.7. The van der Waals surface area contributed by atoms with Crippen LogP contribution in [0.3, 0.4) is 0 Å². The van der Waals surface area contributed by atoms with E-state index in [1.165, 1.54) is 199 Å². The second-order valence-corrected chi connectivity index (χ2v) is 14.4. The Labute approximate surface area is 286 Å². The number of allylic oxidation sites excluding steroid dienone is 4. The van der Waals surface area contributed by atoms with Crippen LogP contribution in [-0.2, 0) is 4.74 Å². The highest BCUT2D eigenvalue weighted by Gasteiger charge is 2.38. The molecule has 0 radical (unpaired) electrons. The van der Waals surface area contributed by atoms with Crippen molar-refractivity contribution < 1.29 is 4.74 Å². The highest BCUT2D eigenvalue weighted by Crippen LogP contribution is 2.40. The molecule has 0 spiro atoms. The summed E-state index contributed by atoms with van der Waals surface area (Å²) in [6.07, 6.45) is 51.0. The van der Waals surface area contributed by atoms with Crippen molar-refractivity contribution in [3.05, 3.63) is 24.3 Å². The number of ether oxygens (including phenoxy) is 1. The molecule has 0 bridgehead atoms. The van der Waals surface area contributed by atoms with Crippen molar-refractivity contribution in [3.63, 3.8) is 0 Å². The van der Waals surface area contributed by atoms with E-state index in [0.717, 1.165) is 0 Å². The number of hydrogen-bond acceptors (Lipinski definition) is 2. The topological polar surface area (TPSA) is 12.5 Å². The van der Waals surface area contributed by atoms with Gasteiger partial charge in [-0.25, -0.2) is 0 Å². The van der Waals surface area contributed by atoms with Crippen LogP contribution in [0.25, 0.3) is 0 Å². The first-order valence-electron chi connectivity index (χ1n) is 20.7. The predicted octanol–water partition coefficient (Wildman–Crippen LogP) is 14.6. The summed E-state index contributed by atoms with van der Waals surface area (Å²) in [5.74, 6) is 0. The molecule has 1 aliphatic heterocycles. The summed E-state index contributed by atoms with van der Waals surface area (Å²) in [5.41, 5.74) is 0.201. The third kappa shape index (κ3) is 29.3. The van der Waals surface area contributed by atoms with E-state index < -0.39 is 0 Å². The molecule has 268 valence electrons. The molecule has 1 atom stereocenters. The monoisotopic (exact) mass is 632 g/mol. The fourth-order valence-electron chi connectivity index (χ4n) is 6.91. The Kier molecular flexibility index (Phi) is 34.3. The van der Waals surface area contributed by atoms with Crippen LogP contribution < -0.4 is 0 Å². The van der Waals surface area contributed by atoms with Gasteiger partial charge in [-0.05, 0) is 111 Å². The van der Waals surface area contributed by atoms with Crippen molar-refractivity contribution in [1.82, 2.24) is 4.90 Å². The lowest BCUT2D eigenvalue weighted by Gasteiger charge is -2.30. The van der Waals surface area contributed by atoms with Crippen molar-refractivity contribution in [3.8, 4) is 0 Å². The number of hydrogen-bond donors (Lipinski definition) is 0. The van der Waals surface area contributed by atoms with Crippen LogP contribution in [-0.4, -0.2) is 37.2 Å². The first-order valence-corrected chi connectivity index (χ1v) is 20.7. The minimum atomic E-state index is 0.201. The van der Waals surface area contributed by atoms with Crippen molar-refractivity contribution in [2.75, 3.05) is 20.6 Å². The Bertz CT molecular complexity index is 585. The normalized spacial score (nSPS) is 16.3. The maximum Gasteiger partial charge on any atom is 0.0687 e. The van der Waals surface area contributed by atoms with Gasteiger partial charge in [0.2, 0.25) is 0 Å². The van der Waals surface area contributed by atoms with Crippen molar-refractivity contribution >= 4 is 0 Å². The molecule has 1 rings (SSSR count). The Hall–Kier alpha value is -0.600. The van der Waals surface area contributed by atoms with Crippen molar-refractivity contribution in [1.29, 1.82) is 0 Å². The first-order chi connectivity index (χ1) is 22.1. The zero-order valence-corrected chi connectivity index (χ0v) is 32.2. The molecule has 1 heterocycles. The van der Waals surface area contributed by atoms with Crippen LogP contribution >= 0.6 is 0 Å². The Morgan fingerprint density at radius 1 is 0.533 bits per heavy atom. The van der Waals surface area contributed by atoms with Gasteiger partial charge < -0.3 is 9.64 Å². The first kappa shape index (κ1) is 44.4. The van der Waals surface area contributed by atoms with Crippen LogP contribution in [0, 0.1) is 0 Å². The summed E-state index contributed by atoms with van der Waals surface area (Å²) >= 11 is 0. The second-order valence-electron chi connectivity index (χ2n) is 14.4. The summed E-state index contributed by atoms with van der Waals surface area (Å²) in [6.45, 7) is 9.77. The zero-order valence-electron chi connectivity index (χ0n) is 32.2. The van der Waals surface area contributed by atoms with E-state index in [1.807, 2.05) is 13.8 Å². The summed E-state index contributed by atoms with van der Waals surface area (Å²) in [6, 6.07) is 0. The maximum absolute atomic E-state index is 6.92. The van der Waals surface area contributed by atoms with E-state index in [9.17, 15) is 0 Å². The molecule has 1 fully saturated rings. The van der Waals surface area contributed by atoms with E-state index in [-0.39, 0.29) is 5.60 Å². The molecule has 0 aromatic carbocycles. The van der Waals surface area contributed by atoms with Crippen LogP contribution in [0.15, 0.2) is 24.3 Å². The van der Waals surface area contributed by atoms with Gasteiger partial charge in [-0.3, -0.25) is 0 Å². The number of unbranched alkanes of at least 4 members (excludes halogenated alkanes) is 20. The van der Waals surface area contributed by atoms with Gasteiger partial charge in [-0.2, -0.15) is 0 Å². The Balaban J connectivity index is 0.00000947. The summed E-state index contributed by atoms with van der Waals surface area (Å²) in [7, 11) is 4.39. The fraction of sp³-hybridized carbons (Fsp3) is 0.907. The van der Waals surface area contributed by atoms with Crippen LogP contribution in [0.4, 0.5) is 0 Å². The lowest BCUT2D eigenvalue weighted by atomic mass is 9.87. The van der Waals surface area contributed by atoms with E-state index in [2.05, 4.69) is 57.1 Å². The Morgan fingerprint density at radius 2 is 0.911 bits per heavy atom. The molecule has 1 aliphatic rings. The average Bonchev–Trinajstić information content (AvgIpc) is 3.45. The standard InChI is InChI=1S/C41H79NO.C2H6/c1-5-7-9-11-13-15-17-19-21-23-25-27-29-31-36-41(38-35-40(43-41)34-33-39-42(3)4)37-32-30-28-26-24-22-20-18-16-14-12-10-8-6-2;1-2/h15-18,40H,5-14,19-39H2,1-4H3;1-2H3/b17-15-,18-16-;. The van der Waals surface area contributed by atoms with E-state index in [0.29, 0.717) is 6.10 Å². The van der Waals surface area contributed by atoms with Gasteiger partial charge in [0.25, 0.3) is 0 Å². The van der Waals surface area contributed by atoms with Crippen LogP contribution in [0.1, 0.15) is 220 Å². The summed E-state index contributed by atoms with van der Waals surface area (Å²) in [4.78, 5) is 2.32. The molecule has 0 aromatic rings. The van der Waals surface area contributed by atoms with Gasteiger partial charge in [0.15, 0.2) is 0 Å². The van der Waals surface area contributed by atoms with E-state index in [1.54, 1.807) is 0 Å². The van der Waals surface area contributed by atoms with Gasteiger partial charge in [0.05, 0.1) is 11.7 Å². The minimum Gasteiger partial charge on any atom is -0.372 e. The molecule has 2 heteroatoms. The molecule has 0 amide bonds. The largest absolute Gasteiger partial charge is 0.372 e. The third-order valence-corrected chi connectivity index (χ3v) is 9.76. The molecular formula is C43H85NO. The molecule has 1 unspecified atom stereocenters. The lowest BCUT2D eigenvalue weighted by Crippen LogP contribution is -2.29. The smallest absolute Gasteiger partial charge is 0.0687 e. The molecule has 0 aliphatic carbocycles. The molecular weight excluding hydrogens is 546 g/mol.